The maximum absolute atomic E-state index is 6.14. The zero-order valence-corrected chi connectivity index (χ0v) is 12.3. The van der Waals surface area contributed by atoms with Gasteiger partial charge in [-0.3, -0.25) is 4.98 Å². The van der Waals surface area contributed by atoms with E-state index in [1.165, 1.54) is 22.4 Å². The summed E-state index contributed by atoms with van der Waals surface area (Å²) in [6.45, 7) is 0. The average molecular weight is 290 g/mol. The van der Waals surface area contributed by atoms with Crippen LogP contribution in [0.1, 0.15) is 34.7 Å². The minimum Gasteiger partial charge on any atom is -0.260 e. The van der Waals surface area contributed by atoms with Crippen molar-refractivity contribution >= 4 is 24.2 Å². The Morgan fingerprint density at radius 1 is 1.21 bits per heavy atom. The Balaban J connectivity index is 2.15. The highest BCUT2D eigenvalue weighted by atomic mass is 35.5. The summed E-state index contributed by atoms with van der Waals surface area (Å²) in [7, 11) is 0. The van der Waals surface area contributed by atoms with Crippen molar-refractivity contribution in [2.45, 2.75) is 25.2 Å². The van der Waals surface area contributed by atoms with Crippen LogP contribution in [-0.4, -0.2) is 10.7 Å². The second-order valence-corrected chi connectivity index (χ2v) is 5.84. The van der Waals surface area contributed by atoms with Gasteiger partial charge in [-0.1, -0.05) is 23.7 Å². The molecule has 1 atom stereocenters. The van der Waals surface area contributed by atoms with E-state index >= 15 is 0 Å². The van der Waals surface area contributed by atoms with Crippen LogP contribution in [-0.2, 0) is 12.8 Å². The number of rotatable bonds is 2. The fourth-order valence-corrected chi connectivity index (χ4v) is 3.40. The zero-order valence-electron chi connectivity index (χ0n) is 10.6. The molecule has 3 rings (SSSR count). The van der Waals surface area contributed by atoms with Crippen molar-refractivity contribution in [3.8, 4) is 0 Å². The molecule has 0 N–H and O–H groups in total. The summed E-state index contributed by atoms with van der Waals surface area (Å²) in [6, 6.07) is 10.5. The van der Waals surface area contributed by atoms with E-state index in [0.29, 0.717) is 5.92 Å². The third-order valence-electron chi connectivity index (χ3n) is 3.82. The van der Waals surface area contributed by atoms with Gasteiger partial charge >= 0.3 is 0 Å². The van der Waals surface area contributed by atoms with E-state index in [2.05, 4.69) is 35.8 Å². The van der Waals surface area contributed by atoms with Gasteiger partial charge in [0.1, 0.15) is 0 Å². The molecule has 1 aliphatic rings. The second kappa shape index (κ2) is 5.56. The number of fused-ring (bicyclic) bond motifs is 2. The van der Waals surface area contributed by atoms with Crippen LogP contribution < -0.4 is 0 Å². The number of thiol groups is 1. The molecule has 0 aliphatic heterocycles. The lowest BCUT2D eigenvalue weighted by atomic mass is 9.89. The minimum absolute atomic E-state index is 0.350. The number of hydrogen-bond acceptors (Lipinski definition) is 2. The van der Waals surface area contributed by atoms with E-state index in [0.717, 1.165) is 30.0 Å². The van der Waals surface area contributed by atoms with Crippen molar-refractivity contribution in [2.75, 3.05) is 5.75 Å². The van der Waals surface area contributed by atoms with E-state index in [4.69, 9.17) is 11.6 Å². The fourth-order valence-electron chi connectivity index (χ4n) is 2.94. The summed E-state index contributed by atoms with van der Waals surface area (Å²) in [5, 5.41) is 0.822. The van der Waals surface area contributed by atoms with Gasteiger partial charge in [0.05, 0.1) is 5.69 Å². The van der Waals surface area contributed by atoms with E-state index in [9.17, 15) is 0 Å². The lowest BCUT2D eigenvalue weighted by molar-refractivity contribution is 0.752. The molecule has 0 radical (unpaired) electrons. The highest BCUT2D eigenvalue weighted by Gasteiger charge is 2.24. The van der Waals surface area contributed by atoms with Gasteiger partial charge in [0.15, 0.2) is 0 Å². The normalized spacial score (nSPS) is 17.5. The molecule has 0 saturated heterocycles. The first-order valence-electron chi connectivity index (χ1n) is 6.62. The topological polar surface area (TPSA) is 12.9 Å². The molecule has 1 aromatic heterocycles. The van der Waals surface area contributed by atoms with E-state index in [1.807, 2.05) is 18.3 Å². The van der Waals surface area contributed by atoms with Gasteiger partial charge in [0.25, 0.3) is 0 Å². The minimum atomic E-state index is 0.350. The van der Waals surface area contributed by atoms with Crippen molar-refractivity contribution in [1.82, 2.24) is 4.98 Å². The van der Waals surface area contributed by atoms with Gasteiger partial charge in [-0.2, -0.15) is 12.6 Å². The number of benzene rings is 1. The van der Waals surface area contributed by atoms with Crippen LogP contribution in [0.25, 0.3) is 0 Å². The lowest BCUT2D eigenvalue weighted by Crippen LogP contribution is -2.06. The third-order valence-corrected chi connectivity index (χ3v) is 4.31. The third kappa shape index (κ3) is 2.52. The van der Waals surface area contributed by atoms with Crippen LogP contribution in [0.4, 0.5) is 0 Å². The Morgan fingerprint density at radius 2 is 2.05 bits per heavy atom. The molecule has 1 unspecified atom stereocenters. The summed E-state index contributed by atoms with van der Waals surface area (Å²) >= 11 is 10.6. The number of halogens is 1. The summed E-state index contributed by atoms with van der Waals surface area (Å²) in [5.74, 6) is 1.21. The molecular formula is C16H16ClNS. The smallest absolute Gasteiger partial charge is 0.0510 e. The molecule has 3 heteroatoms. The molecule has 19 heavy (non-hydrogen) atoms. The first kappa shape index (κ1) is 13.0. The molecular weight excluding hydrogens is 274 g/mol. The first-order valence-corrected chi connectivity index (χ1v) is 7.63. The van der Waals surface area contributed by atoms with Gasteiger partial charge < -0.3 is 0 Å². The number of nitrogens with zero attached hydrogens (tertiary/aromatic N) is 1. The maximum atomic E-state index is 6.14. The van der Waals surface area contributed by atoms with Crippen LogP contribution in [0.2, 0.25) is 5.02 Å². The molecule has 0 amide bonds. The van der Waals surface area contributed by atoms with Gasteiger partial charge in [0.2, 0.25) is 0 Å². The van der Waals surface area contributed by atoms with E-state index in [-0.39, 0.29) is 0 Å². The van der Waals surface area contributed by atoms with Crippen LogP contribution in [0.15, 0.2) is 36.5 Å². The predicted octanol–water partition coefficient (Wildman–Crippen LogP) is 4.29. The Bertz CT molecular complexity index is 597. The molecule has 0 fully saturated rings. The number of hydrogen-bond donors (Lipinski definition) is 1. The molecule has 98 valence electrons. The molecule has 2 aromatic rings. The number of aromatic nitrogens is 1. The average Bonchev–Trinajstić information content (AvgIpc) is 2.57. The number of aryl methyl sites for hydroxylation is 2. The summed E-state index contributed by atoms with van der Waals surface area (Å²) < 4.78 is 0. The predicted molar refractivity (Wildman–Crippen MR) is 83.4 cm³/mol. The van der Waals surface area contributed by atoms with Crippen molar-refractivity contribution in [3.63, 3.8) is 0 Å². The van der Waals surface area contributed by atoms with Crippen LogP contribution >= 0.6 is 24.2 Å². The summed E-state index contributed by atoms with van der Waals surface area (Å²) in [5.41, 5.74) is 5.31. The highest BCUT2D eigenvalue weighted by molar-refractivity contribution is 7.80. The monoisotopic (exact) mass is 289 g/mol. The molecule has 0 saturated carbocycles. The molecule has 0 bridgehead atoms. The Hall–Kier alpha value is -0.990. The molecule has 1 aliphatic carbocycles. The van der Waals surface area contributed by atoms with Crippen molar-refractivity contribution in [1.29, 1.82) is 0 Å². The summed E-state index contributed by atoms with van der Waals surface area (Å²) in [6.07, 6.45) is 4.99. The Labute approximate surface area is 124 Å². The fraction of sp³-hybridized carbons (Fsp3) is 0.312. The second-order valence-electron chi connectivity index (χ2n) is 4.96. The van der Waals surface area contributed by atoms with E-state index in [1.54, 1.807) is 0 Å². The Morgan fingerprint density at radius 3 is 2.89 bits per heavy atom. The maximum Gasteiger partial charge on any atom is 0.0510 e. The largest absolute Gasteiger partial charge is 0.260 e. The molecule has 1 nitrogen and oxygen atoms in total. The van der Waals surface area contributed by atoms with Crippen LogP contribution in [0.5, 0.6) is 0 Å². The number of pyridine rings is 1. The SMILES string of the molecule is SCCC1c2ccc(Cl)cc2CCc2cccnc21. The molecule has 0 spiro atoms. The first-order chi connectivity index (χ1) is 9.29. The highest BCUT2D eigenvalue weighted by Crippen LogP contribution is 2.36. The standard InChI is InChI=1S/C16H16ClNS/c17-13-5-6-14-12(10-13)4-3-11-2-1-8-18-16(11)15(14)7-9-19/h1-2,5-6,8,10,15,19H,3-4,7,9H2. The lowest BCUT2D eigenvalue weighted by Gasteiger charge is -2.18. The van der Waals surface area contributed by atoms with Crippen molar-refractivity contribution in [2.24, 2.45) is 0 Å². The van der Waals surface area contributed by atoms with Gasteiger partial charge in [-0.15, -0.1) is 0 Å². The van der Waals surface area contributed by atoms with Crippen LogP contribution in [0, 0.1) is 0 Å². The van der Waals surface area contributed by atoms with Crippen molar-refractivity contribution < 1.29 is 0 Å². The van der Waals surface area contributed by atoms with Gasteiger partial charge in [-0.05, 0) is 59.9 Å². The van der Waals surface area contributed by atoms with Crippen LogP contribution in [0.3, 0.4) is 0 Å². The zero-order chi connectivity index (χ0) is 13.2. The summed E-state index contributed by atoms with van der Waals surface area (Å²) in [4.78, 5) is 4.63. The molecule has 1 aromatic carbocycles. The quantitative estimate of drug-likeness (QED) is 0.814. The Kier molecular flexibility index (Phi) is 3.81. The molecule has 1 heterocycles. The van der Waals surface area contributed by atoms with Crippen molar-refractivity contribution in [3.05, 3.63) is 63.9 Å². The van der Waals surface area contributed by atoms with E-state index < -0.39 is 0 Å². The van der Waals surface area contributed by atoms with Gasteiger partial charge in [-0.25, -0.2) is 0 Å². The van der Waals surface area contributed by atoms with Gasteiger partial charge in [0, 0.05) is 17.1 Å².